The van der Waals surface area contributed by atoms with E-state index in [1.165, 1.54) is 5.56 Å². The van der Waals surface area contributed by atoms with Crippen LogP contribution in [0.4, 0.5) is 0 Å². The van der Waals surface area contributed by atoms with E-state index in [9.17, 15) is 10.2 Å². The van der Waals surface area contributed by atoms with Gasteiger partial charge in [0.05, 0.1) is 12.7 Å². The average Bonchev–Trinajstić information content (AvgIpc) is 2.47. The molecule has 2 aromatic carbocycles. The molecule has 0 aromatic heterocycles. The van der Waals surface area contributed by atoms with Crippen LogP contribution >= 0.6 is 0 Å². The number of benzene rings is 2. The Morgan fingerprint density at radius 1 is 0.842 bits per heavy atom. The van der Waals surface area contributed by atoms with Crippen molar-refractivity contribution in [2.45, 2.75) is 32.0 Å². The minimum absolute atomic E-state index is 0.0293. The Labute approximate surface area is 114 Å². The number of hydrogen-bond acceptors (Lipinski definition) is 2. The smallest absolute Gasteiger partial charge is 0.0684 e. The summed E-state index contributed by atoms with van der Waals surface area (Å²) in [5, 5.41) is 19.4. The van der Waals surface area contributed by atoms with Crippen molar-refractivity contribution in [3.8, 4) is 0 Å². The third-order valence-corrected chi connectivity index (χ3v) is 3.35. The van der Waals surface area contributed by atoms with Gasteiger partial charge in [0.1, 0.15) is 0 Å². The molecule has 2 nitrogen and oxygen atoms in total. The maximum absolute atomic E-state index is 10.1. The van der Waals surface area contributed by atoms with E-state index in [2.05, 4.69) is 12.1 Å². The molecule has 0 radical (unpaired) electrons. The normalized spacial score (nSPS) is 12.3. The summed E-state index contributed by atoms with van der Waals surface area (Å²) >= 11 is 0. The van der Waals surface area contributed by atoms with Gasteiger partial charge in [-0.1, -0.05) is 54.6 Å². The van der Waals surface area contributed by atoms with E-state index < -0.39 is 0 Å². The van der Waals surface area contributed by atoms with E-state index in [0.717, 1.165) is 24.0 Å². The summed E-state index contributed by atoms with van der Waals surface area (Å²) in [6.07, 6.45) is 1.85. The largest absolute Gasteiger partial charge is 0.393 e. The molecule has 2 heteroatoms. The van der Waals surface area contributed by atoms with Crippen molar-refractivity contribution in [2.24, 2.45) is 0 Å². The first-order valence-electron chi connectivity index (χ1n) is 6.69. The lowest BCUT2D eigenvalue weighted by molar-refractivity contribution is 0.164. The van der Waals surface area contributed by atoms with E-state index in [0.29, 0.717) is 6.42 Å². The molecule has 1 atom stereocenters. The molecule has 0 heterocycles. The molecule has 2 N–H and O–H groups in total. The highest BCUT2D eigenvalue weighted by Gasteiger charge is 2.08. The van der Waals surface area contributed by atoms with Gasteiger partial charge in [0.2, 0.25) is 0 Å². The molecule has 0 fully saturated rings. The van der Waals surface area contributed by atoms with E-state index in [1.807, 2.05) is 42.5 Å². The van der Waals surface area contributed by atoms with Gasteiger partial charge in [-0.05, 0) is 36.0 Å². The zero-order valence-electron chi connectivity index (χ0n) is 11.0. The summed E-state index contributed by atoms with van der Waals surface area (Å²) in [6, 6.07) is 17.9. The molecule has 19 heavy (non-hydrogen) atoms. The number of aliphatic hydroxyl groups is 2. The monoisotopic (exact) mass is 256 g/mol. The molecule has 2 rings (SSSR count). The van der Waals surface area contributed by atoms with E-state index in [4.69, 9.17) is 0 Å². The third-order valence-electron chi connectivity index (χ3n) is 3.35. The van der Waals surface area contributed by atoms with Crippen LogP contribution in [-0.4, -0.2) is 16.3 Å². The lowest BCUT2D eigenvalue weighted by atomic mass is 9.98. The Bertz CT molecular complexity index is 494. The van der Waals surface area contributed by atoms with Gasteiger partial charge in [0.25, 0.3) is 0 Å². The van der Waals surface area contributed by atoms with E-state index >= 15 is 0 Å². The van der Waals surface area contributed by atoms with Gasteiger partial charge in [-0.3, -0.25) is 0 Å². The number of rotatable bonds is 6. The summed E-state index contributed by atoms with van der Waals surface area (Å²) in [4.78, 5) is 0. The topological polar surface area (TPSA) is 40.5 Å². The second kappa shape index (κ2) is 7.07. The molecule has 2 aromatic rings. The van der Waals surface area contributed by atoms with Crippen LogP contribution in [0.25, 0.3) is 0 Å². The second-order valence-corrected chi connectivity index (χ2v) is 4.81. The van der Waals surface area contributed by atoms with Crippen molar-refractivity contribution < 1.29 is 10.2 Å². The minimum atomic E-state index is -0.368. The lowest BCUT2D eigenvalue weighted by Gasteiger charge is -2.13. The fraction of sp³-hybridized carbons (Fsp3) is 0.294. The van der Waals surface area contributed by atoms with Crippen molar-refractivity contribution in [3.05, 3.63) is 71.3 Å². The molecule has 0 saturated carbocycles. The SMILES string of the molecule is OCc1ccccc1CC(O)CCc1ccccc1. The highest BCUT2D eigenvalue weighted by Crippen LogP contribution is 2.14. The van der Waals surface area contributed by atoms with Gasteiger partial charge in [0.15, 0.2) is 0 Å². The van der Waals surface area contributed by atoms with Gasteiger partial charge >= 0.3 is 0 Å². The van der Waals surface area contributed by atoms with Crippen LogP contribution in [0.5, 0.6) is 0 Å². The lowest BCUT2D eigenvalue weighted by Crippen LogP contribution is -2.13. The number of aryl methyl sites for hydroxylation is 1. The van der Waals surface area contributed by atoms with Crippen molar-refractivity contribution in [3.63, 3.8) is 0 Å². The van der Waals surface area contributed by atoms with Gasteiger partial charge in [-0.25, -0.2) is 0 Å². The Hall–Kier alpha value is -1.64. The molecule has 0 amide bonds. The Kier molecular flexibility index (Phi) is 5.13. The average molecular weight is 256 g/mol. The zero-order chi connectivity index (χ0) is 13.5. The fourth-order valence-electron chi connectivity index (χ4n) is 2.24. The van der Waals surface area contributed by atoms with Crippen molar-refractivity contribution in [1.82, 2.24) is 0 Å². The molecule has 0 saturated heterocycles. The van der Waals surface area contributed by atoms with Crippen LogP contribution in [0.3, 0.4) is 0 Å². The first-order valence-corrected chi connectivity index (χ1v) is 6.69. The number of hydrogen-bond donors (Lipinski definition) is 2. The Balaban J connectivity index is 1.89. The molecular formula is C17H20O2. The van der Waals surface area contributed by atoms with Crippen LogP contribution < -0.4 is 0 Å². The molecule has 0 bridgehead atoms. The molecule has 100 valence electrons. The highest BCUT2D eigenvalue weighted by molar-refractivity contribution is 5.27. The third kappa shape index (κ3) is 4.19. The molecule has 0 spiro atoms. The quantitative estimate of drug-likeness (QED) is 0.834. The standard InChI is InChI=1S/C17H20O2/c18-13-16-9-5-4-8-15(16)12-17(19)11-10-14-6-2-1-3-7-14/h1-9,17-19H,10-13H2. The van der Waals surface area contributed by atoms with Gasteiger partial charge in [-0.2, -0.15) is 0 Å². The highest BCUT2D eigenvalue weighted by atomic mass is 16.3. The van der Waals surface area contributed by atoms with E-state index in [1.54, 1.807) is 0 Å². The van der Waals surface area contributed by atoms with E-state index in [-0.39, 0.29) is 12.7 Å². The van der Waals surface area contributed by atoms with Crippen molar-refractivity contribution in [1.29, 1.82) is 0 Å². The summed E-state index contributed by atoms with van der Waals surface area (Å²) in [7, 11) is 0. The van der Waals surface area contributed by atoms with Crippen LogP contribution in [0, 0.1) is 0 Å². The summed E-state index contributed by atoms with van der Waals surface area (Å²) in [6.45, 7) is 0.0293. The van der Waals surface area contributed by atoms with Crippen LogP contribution in [-0.2, 0) is 19.4 Å². The summed E-state index contributed by atoms with van der Waals surface area (Å²) in [5.74, 6) is 0. The Morgan fingerprint density at radius 2 is 1.47 bits per heavy atom. The molecular weight excluding hydrogens is 236 g/mol. The maximum atomic E-state index is 10.1. The van der Waals surface area contributed by atoms with Crippen molar-refractivity contribution >= 4 is 0 Å². The molecule has 0 aliphatic carbocycles. The second-order valence-electron chi connectivity index (χ2n) is 4.81. The van der Waals surface area contributed by atoms with Gasteiger partial charge in [0, 0.05) is 0 Å². The van der Waals surface area contributed by atoms with Gasteiger partial charge in [-0.15, -0.1) is 0 Å². The molecule has 0 aliphatic rings. The maximum Gasteiger partial charge on any atom is 0.0684 e. The minimum Gasteiger partial charge on any atom is -0.393 e. The van der Waals surface area contributed by atoms with Crippen LogP contribution in [0.1, 0.15) is 23.1 Å². The Morgan fingerprint density at radius 3 is 2.16 bits per heavy atom. The molecule has 0 aliphatic heterocycles. The first-order chi connectivity index (χ1) is 9.29. The predicted molar refractivity (Wildman–Crippen MR) is 76.8 cm³/mol. The van der Waals surface area contributed by atoms with Crippen LogP contribution in [0.15, 0.2) is 54.6 Å². The van der Waals surface area contributed by atoms with Gasteiger partial charge < -0.3 is 10.2 Å². The summed E-state index contributed by atoms with van der Waals surface area (Å²) in [5.41, 5.74) is 3.18. The predicted octanol–water partition coefficient (Wildman–Crippen LogP) is 2.72. The first kappa shape index (κ1) is 13.8. The fourth-order valence-corrected chi connectivity index (χ4v) is 2.24. The number of aliphatic hydroxyl groups excluding tert-OH is 2. The zero-order valence-corrected chi connectivity index (χ0v) is 11.0. The van der Waals surface area contributed by atoms with Crippen LogP contribution in [0.2, 0.25) is 0 Å². The van der Waals surface area contributed by atoms with Crippen molar-refractivity contribution in [2.75, 3.05) is 0 Å². The summed E-state index contributed by atoms with van der Waals surface area (Å²) < 4.78 is 0. The molecule has 1 unspecified atom stereocenters.